The third kappa shape index (κ3) is 4.17. The van der Waals surface area contributed by atoms with Crippen LogP contribution in [0.25, 0.3) is 0 Å². The molecule has 0 bridgehead atoms. The molecule has 0 unspecified atom stereocenters. The van der Waals surface area contributed by atoms with Gasteiger partial charge < -0.3 is 5.32 Å². The quantitative estimate of drug-likeness (QED) is 0.889. The van der Waals surface area contributed by atoms with E-state index in [0.29, 0.717) is 0 Å². The maximum Gasteiger partial charge on any atom is 0.0832 e. The first-order valence-electron chi connectivity index (χ1n) is 7.74. The van der Waals surface area contributed by atoms with Crippen LogP contribution in [0, 0.1) is 0 Å². The monoisotopic (exact) mass is 289 g/mol. The molecular formula is C16H27N5. The maximum atomic E-state index is 4.60. The summed E-state index contributed by atoms with van der Waals surface area (Å²) < 4.78 is 4.13. The van der Waals surface area contributed by atoms with Gasteiger partial charge in [0.15, 0.2) is 0 Å². The second-order valence-electron chi connectivity index (χ2n) is 6.38. The first-order chi connectivity index (χ1) is 9.93. The number of aromatic nitrogens is 4. The molecule has 0 amide bonds. The summed E-state index contributed by atoms with van der Waals surface area (Å²) in [6, 6.07) is 4.26. The normalized spacial score (nSPS) is 12.0. The van der Waals surface area contributed by atoms with Crippen molar-refractivity contribution in [2.45, 2.75) is 66.2 Å². The largest absolute Gasteiger partial charge is 0.306 e. The molecule has 0 atom stereocenters. The molecule has 2 aromatic rings. The number of hydrogen-bond acceptors (Lipinski definition) is 3. The Morgan fingerprint density at radius 1 is 1.14 bits per heavy atom. The number of nitrogens with zero attached hydrogens (tertiary/aromatic N) is 4. The lowest BCUT2D eigenvalue weighted by Gasteiger charge is -2.20. The molecule has 0 radical (unpaired) electrons. The zero-order valence-electron chi connectivity index (χ0n) is 13.8. The zero-order chi connectivity index (χ0) is 15.5. The Balaban J connectivity index is 2.13. The summed E-state index contributed by atoms with van der Waals surface area (Å²) in [5, 5.41) is 12.6. The highest BCUT2D eigenvalue weighted by Gasteiger charge is 2.12. The summed E-state index contributed by atoms with van der Waals surface area (Å²) in [6.45, 7) is 13.3. The molecule has 21 heavy (non-hydrogen) atoms. The Bertz CT molecular complexity index is 574. The fourth-order valence-corrected chi connectivity index (χ4v) is 2.25. The predicted octanol–water partition coefficient (Wildman–Crippen LogP) is 2.60. The number of aryl methyl sites for hydroxylation is 2. The third-order valence-electron chi connectivity index (χ3n) is 3.49. The van der Waals surface area contributed by atoms with Crippen LogP contribution in [0.1, 0.15) is 51.7 Å². The van der Waals surface area contributed by atoms with E-state index in [-0.39, 0.29) is 5.54 Å². The van der Waals surface area contributed by atoms with Crippen molar-refractivity contribution in [1.82, 2.24) is 24.9 Å². The summed E-state index contributed by atoms with van der Waals surface area (Å²) in [7, 11) is 0. The van der Waals surface area contributed by atoms with E-state index in [9.17, 15) is 0 Å². The molecule has 2 heterocycles. The summed E-state index contributed by atoms with van der Waals surface area (Å²) in [5.74, 6) is 0. The number of rotatable bonds is 6. The molecule has 0 fully saturated rings. The highest BCUT2D eigenvalue weighted by atomic mass is 15.3. The molecule has 5 heteroatoms. The van der Waals surface area contributed by atoms with Crippen molar-refractivity contribution in [2.75, 3.05) is 0 Å². The highest BCUT2D eigenvalue weighted by Crippen LogP contribution is 2.10. The molecule has 2 rings (SSSR count). The third-order valence-corrected chi connectivity index (χ3v) is 3.49. The van der Waals surface area contributed by atoms with E-state index < -0.39 is 0 Å². The van der Waals surface area contributed by atoms with Crippen molar-refractivity contribution in [1.29, 1.82) is 0 Å². The first kappa shape index (κ1) is 15.8. The van der Waals surface area contributed by atoms with Gasteiger partial charge in [0.1, 0.15) is 0 Å². The molecule has 0 aliphatic heterocycles. The number of hydrogen-bond donors (Lipinski definition) is 1. The van der Waals surface area contributed by atoms with Crippen molar-refractivity contribution >= 4 is 0 Å². The summed E-state index contributed by atoms with van der Waals surface area (Å²) in [4.78, 5) is 0. The molecule has 116 valence electrons. The fourth-order valence-electron chi connectivity index (χ4n) is 2.25. The average Bonchev–Trinajstić information content (AvgIpc) is 3.02. The molecule has 5 nitrogen and oxygen atoms in total. The highest BCUT2D eigenvalue weighted by molar-refractivity contribution is 5.12. The molecular weight excluding hydrogens is 262 g/mol. The molecule has 0 spiro atoms. The Kier molecular flexibility index (Phi) is 4.83. The van der Waals surface area contributed by atoms with E-state index in [1.165, 1.54) is 11.4 Å². The lowest BCUT2D eigenvalue weighted by Crippen LogP contribution is -2.35. The van der Waals surface area contributed by atoms with Crippen LogP contribution in [0.3, 0.4) is 0 Å². The van der Waals surface area contributed by atoms with Crippen LogP contribution in [-0.4, -0.2) is 25.1 Å². The second kappa shape index (κ2) is 6.43. The molecule has 1 N–H and O–H groups in total. The maximum absolute atomic E-state index is 4.60. The minimum atomic E-state index is 0.107. The van der Waals surface area contributed by atoms with Gasteiger partial charge in [0.2, 0.25) is 0 Å². The minimum absolute atomic E-state index is 0.107. The van der Waals surface area contributed by atoms with Gasteiger partial charge >= 0.3 is 0 Å². The van der Waals surface area contributed by atoms with E-state index in [1.807, 2.05) is 6.20 Å². The average molecular weight is 289 g/mol. The van der Waals surface area contributed by atoms with Gasteiger partial charge in [-0.05, 0) is 46.2 Å². The van der Waals surface area contributed by atoms with Gasteiger partial charge in [-0.25, -0.2) is 0 Å². The van der Waals surface area contributed by atoms with Crippen LogP contribution >= 0.6 is 0 Å². The summed E-state index contributed by atoms with van der Waals surface area (Å²) >= 11 is 0. The van der Waals surface area contributed by atoms with E-state index >= 15 is 0 Å². The SMILES string of the molecule is CCc1cc(Cn2nccc2CNC(C)(C)C)n(CC)n1. The van der Waals surface area contributed by atoms with Gasteiger partial charge in [-0.15, -0.1) is 0 Å². The van der Waals surface area contributed by atoms with E-state index in [4.69, 9.17) is 0 Å². The van der Waals surface area contributed by atoms with Crippen LogP contribution in [0.5, 0.6) is 0 Å². The topological polar surface area (TPSA) is 47.7 Å². The fraction of sp³-hybridized carbons (Fsp3) is 0.625. The predicted molar refractivity (Wildman–Crippen MR) is 85.2 cm³/mol. The molecule has 0 aromatic carbocycles. The lowest BCUT2D eigenvalue weighted by molar-refractivity contribution is 0.412. The van der Waals surface area contributed by atoms with Crippen molar-refractivity contribution < 1.29 is 0 Å². The van der Waals surface area contributed by atoms with Crippen molar-refractivity contribution in [3.05, 3.63) is 35.4 Å². The molecule has 0 aliphatic rings. The van der Waals surface area contributed by atoms with Gasteiger partial charge in [0, 0.05) is 24.8 Å². The van der Waals surface area contributed by atoms with Crippen molar-refractivity contribution in [3.63, 3.8) is 0 Å². The van der Waals surface area contributed by atoms with Gasteiger partial charge in [0.05, 0.1) is 23.6 Å². The van der Waals surface area contributed by atoms with Crippen molar-refractivity contribution in [3.8, 4) is 0 Å². The Morgan fingerprint density at radius 3 is 2.52 bits per heavy atom. The van der Waals surface area contributed by atoms with Gasteiger partial charge in [0.25, 0.3) is 0 Å². The van der Waals surface area contributed by atoms with Gasteiger partial charge in [-0.3, -0.25) is 9.36 Å². The van der Waals surface area contributed by atoms with Gasteiger partial charge in [-0.2, -0.15) is 10.2 Å². The summed E-state index contributed by atoms with van der Waals surface area (Å²) in [5.41, 5.74) is 3.67. The molecule has 0 aliphatic carbocycles. The van der Waals surface area contributed by atoms with Crippen LogP contribution in [0.4, 0.5) is 0 Å². The molecule has 0 saturated carbocycles. The standard InChI is InChI=1S/C16H27N5/c1-6-13-10-15(20(7-2)19-13)12-21-14(8-9-18-21)11-17-16(3,4)5/h8-10,17H,6-7,11-12H2,1-5H3. The summed E-state index contributed by atoms with van der Waals surface area (Å²) in [6.07, 6.45) is 2.84. The van der Waals surface area contributed by atoms with E-state index in [0.717, 1.165) is 31.7 Å². The molecule has 2 aromatic heterocycles. The second-order valence-corrected chi connectivity index (χ2v) is 6.38. The van der Waals surface area contributed by atoms with Gasteiger partial charge in [-0.1, -0.05) is 6.92 Å². The Labute approximate surface area is 127 Å². The van der Waals surface area contributed by atoms with Crippen LogP contribution in [0.15, 0.2) is 18.3 Å². The van der Waals surface area contributed by atoms with Crippen LogP contribution in [0.2, 0.25) is 0 Å². The number of nitrogens with one attached hydrogen (secondary N) is 1. The lowest BCUT2D eigenvalue weighted by atomic mass is 10.1. The minimum Gasteiger partial charge on any atom is -0.306 e. The Hall–Kier alpha value is -1.62. The molecule has 0 saturated heterocycles. The zero-order valence-corrected chi connectivity index (χ0v) is 13.8. The Morgan fingerprint density at radius 2 is 1.90 bits per heavy atom. The van der Waals surface area contributed by atoms with Crippen LogP contribution in [-0.2, 0) is 26.1 Å². The van der Waals surface area contributed by atoms with E-state index in [2.05, 4.69) is 71.6 Å². The van der Waals surface area contributed by atoms with Crippen LogP contribution < -0.4 is 5.32 Å². The van der Waals surface area contributed by atoms with Crippen molar-refractivity contribution in [2.24, 2.45) is 0 Å². The first-order valence-corrected chi connectivity index (χ1v) is 7.74. The van der Waals surface area contributed by atoms with E-state index in [1.54, 1.807) is 0 Å². The smallest absolute Gasteiger partial charge is 0.0832 e.